The predicted octanol–water partition coefficient (Wildman–Crippen LogP) is 8.04. The molecule has 2 aromatic rings. The van der Waals surface area contributed by atoms with Gasteiger partial charge in [0.2, 0.25) is 0 Å². The number of imide groups is 1. The Morgan fingerprint density at radius 1 is 0.722 bits per heavy atom. The highest BCUT2D eigenvalue weighted by molar-refractivity contribution is 6.34. The largest absolute Gasteiger partial charge is 0.462 e. The number of fused-ring (bicyclic) bond motifs is 1. The molecule has 0 saturated heterocycles. The van der Waals surface area contributed by atoms with Crippen LogP contribution in [0.4, 0.5) is 5.69 Å². The minimum Gasteiger partial charge on any atom is -0.462 e. The molecule has 1 aliphatic heterocycles. The Labute approximate surface area is 216 Å². The van der Waals surface area contributed by atoms with E-state index in [1.807, 2.05) is 19.1 Å². The Morgan fingerprint density at radius 2 is 1.31 bits per heavy atom. The van der Waals surface area contributed by atoms with Gasteiger partial charge >= 0.3 is 5.97 Å². The van der Waals surface area contributed by atoms with Crippen molar-refractivity contribution in [3.63, 3.8) is 0 Å². The van der Waals surface area contributed by atoms with Gasteiger partial charge in [-0.05, 0) is 49.2 Å². The smallest absolute Gasteiger partial charge is 0.338 e. The molecule has 0 spiro atoms. The van der Waals surface area contributed by atoms with Crippen molar-refractivity contribution in [1.82, 2.24) is 0 Å². The molecule has 0 bridgehead atoms. The van der Waals surface area contributed by atoms with Crippen LogP contribution in [0.1, 0.15) is 127 Å². The van der Waals surface area contributed by atoms with E-state index in [0.29, 0.717) is 23.4 Å². The fourth-order valence-corrected chi connectivity index (χ4v) is 4.74. The third kappa shape index (κ3) is 7.78. The zero-order valence-electron chi connectivity index (χ0n) is 22.0. The Hall–Kier alpha value is -2.95. The standard InChI is InChI=1S/C31H41NO4/c1-3-4-5-6-7-8-9-10-11-12-13-14-15-21-36-31(35)25-19-20-27-28(23-25)30(34)32(29(27)33)26-18-16-17-24(2)22-26/h16-20,22-23H,3-15,21H2,1-2H3. The van der Waals surface area contributed by atoms with Crippen molar-refractivity contribution in [3.8, 4) is 0 Å². The number of anilines is 1. The Balaban J connectivity index is 1.34. The van der Waals surface area contributed by atoms with Gasteiger partial charge in [-0.2, -0.15) is 0 Å². The van der Waals surface area contributed by atoms with E-state index in [9.17, 15) is 14.4 Å². The molecule has 3 rings (SSSR count). The van der Waals surface area contributed by atoms with Crippen LogP contribution in [0.25, 0.3) is 0 Å². The molecule has 1 heterocycles. The summed E-state index contributed by atoms with van der Waals surface area (Å²) in [5.41, 5.74) is 2.36. The first-order valence-electron chi connectivity index (χ1n) is 13.8. The van der Waals surface area contributed by atoms with E-state index in [1.165, 1.54) is 75.2 Å². The number of ether oxygens (including phenoxy) is 1. The van der Waals surface area contributed by atoms with Crippen molar-refractivity contribution in [1.29, 1.82) is 0 Å². The summed E-state index contributed by atoms with van der Waals surface area (Å²) in [4.78, 5) is 39.4. The monoisotopic (exact) mass is 491 g/mol. The second kappa shape index (κ2) is 14.6. The van der Waals surface area contributed by atoms with Gasteiger partial charge in [0.15, 0.2) is 0 Å². The van der Waals surface area contributed by atoms with Crippen LogP contribution in [-0.2, 0) is 4.74 Å². The van der Waals surface area contributed by atoms with Crippen LogP contribution in [0.3, 0.4) is 0 Å². The van der Waals surface area contributed by atoms with E-state index in [2.05, 4.69) is 6.92 Å². The molecule has 0 radical (unpaired) electrons. The summed E-state index contributed by atoms with van der Waals surface area (Å²) < 4.78 is 5.43. The minimum atomic E-state index is -0.453. The molecule has 5 nitrogen and oxygen atoms in total. The van der Waals surface area contributed by atoms with Crippen LogP contribution in [0.5, 0.6) is 0 Å². The molecule has 0 aromatic heterocycles. The van der Waals surface area contributed by atoms with Crippen molar-refractivity contribution in [2.75, 3.05) is 11.5 Å². The summed E-state index contributed by atoms with van der Waals surface area (Å²) in [6.45, 7) is 4.54. The maximum absolute atomic E-state index is 12.9. The molecule has 5 heteroatoms. The number of rotatable bonds is 16. The molecular weight excluding hydrogens is 450 g/mol. The molecule has 36 heavy (non-hydrogen) atoms. The average Bonchev–Trinajstić information content (AvgIpc) is 3.13. The predicted molar refractivity (Wildman–Crippen MR) is 145 cm³/mol. The molecule has 2 aromatic carbocycles. The van der Waals surface area contributed by atoms with Crippen LogP contribution in [-0.4, -0.2) is 24.4 Å². The van der Waals surface area contributed by atoms with Crippen molar-refractivity contribution in [3.05, 3.63) is 64.7 Å². The summed E-state index contributed by atoms with van der Waals surface area (Å²) in [6.07, 6.45) is 16.5. The lowest BCUT2D eigenvalue weighted by molar-refractivity contribution is 0.0497. The zero-order chi connectivity index (χ0) is 25.8. The quantitative estimate of drug-likeness (QED) is 0.135. The molecule has 1 aliphatic rings. The highest BCUT2D eigenvalue weighted by Crippen LogP contribution is 2.29. The summed E-state index contributed by atoms with van der Waals surface area (Å²) in [6, 6.07) is 11.9. The number of amides is 2. The molecule has 2 amide bonds. The van der Waals surface area contributed by atoms with Crippen LogP contribution in [0, 0.1) is 6.92 Å². The molecule has 194 valence electrons. The Morgan fingerprint density at radius 3 is 1.92 bits per heavy atom. The van der Waals surface area contributed by atoms with Gasteiger partial charge in [-0.3, -0.25) is 9.59 Å². The maximum atomic E-state index is 12.9. The lowest BCUT2D eigenvalue weighted by Gasteiger charge is -2.14. The van der Waals surface area contributed by atoms with E-state index in [0.717, 1.165) is 24.8 Å². The van der Waals surface area contributed by atoms with Crippen LogP contribution in [0.2, 0.25) is 0 Å². The molecule has 0 saturated carbocycles. The number of unbranched alkanes of at least 4 members (excludes halogenated alkanes) is 12. The maximum Gasteiger partial charge on any atom is 0.338 e. The van der Waals surface area contributed by atoms with Crippen molar-refractivity contribution in [2.24, 2.45) is 0 Å². The van der Waals surface area contributed by atoms with Gasteiger partial charge in [-0.15, -0.1) is 0 Å². The van der Waals surface area contributed by atoms with E-state index >= 15 is 0 Å². The van der Waals surface area contributed by atoms with E-state index in [1.54, 1.807) is 24.3 Å². The first-order chi connectivity index (χ1) is 17.5. The Kier molecular flexibility index (Phi) is 11.2. The number of aryl methyl sites for hydroxylation is 1. The first kappa shape index (κ1) is 27.6. The second-order valence-corrected chi connectivity index (χ2v) is 9.92. The number of esters is 1. The fourth-order valence-electron chi connectivity index (χ4n) is 4.74. The summed E-state index contributed by atoms with van der Waals surface area (Å²) >= 11 is 0. The highest BCUT2D eigenvalue weighted by atomic mass is 16.5. The highest BCUT2D eigenvalue weighted by Gasteiger charge is 2.37. The van der Waals surface area contributed by atoms with Crippen molar-refractivity contribution >= 4 is 23.5 Å². The number of hydrogen-bond donors (Lipinski definition) is 0. The van der Waals surface area contributed by atoms with Gasteiger partial charge in [0.1, 0.15) is 0 Å². The summed E-state index contributed by atoms with van der Waals surface area (Å²) in [5.74, 6) is -1.23. The number of nitrogens with zero attached hydrogens (tertiary/aromatic N) is 1. The zero-order valence-corrected chi connectivity index (χ0v) is 22.0. The van der Waals surface area contributed by atoms with E-state index < -0.39 is 11.9 Å². The first-order valence-corrected chi connectivity index (χ1v) is 13.8. The molecule has 0 atom stereocenters. The van der Waals surface area contributed by atoms with Gasteiger partial charge in [0.25, 0.3) is 11.8 Å². The average molecular weight is 492 g/mol. The van der Waals surface area contributed by atoms with Crippen LogP contribution in [0.15, 0.2) is 42.5 Å². The Bertz CT molecular complexity index is 1030. The van der Waals surface area contributed by atoms with E-state index in [-0.39, 0.29) is 11.5 Å². The third-order valence-electron chi connectivity index (χ3n) is 6.86. The van der Waals surface area contributed by atoms with Gasteiger partial charge < -0.3 is 4.74 Å². The molecular formula is C31H41NO4. The van der Waals surface area contributed by atoms with Gasteiger partial charge in [-0.25, -0.2) is 9.69 Å². The van der Waals surface area contributed by atoms with Gasteiger partial charge in [-0.1, -0.05) is 96.1 Å². The number of carbonyl (C=O) groups excluding carboxylic acids is 3. The topological polar surface area (TPSA) is 63.7 Å². The number of hydrogen-bond acceptors (Lipinski definition) is 4. The van der Waals surface area contributed by atoms with Gasteiger partial charge in [0.05, 0.1) is 29.0 Å². The van der Waals surface area contributed by atoms with Crippen molar-refractivity contribution < 1.29 is 19.1 Å². The molecule has 0 aliphatic carbocycles. The fraction of sp³-hybridized carbons (Fsp3) is 0.516. The number of benzene rings is 2. The normalized spacial score (nSPS) is 12.8. The summed E-state index contributed by atoms with van der Waals surface area (Å²) in [7, 11) is 0. The lowest BCUT2D eigenvalue weighted by atomic mass is 10.0. The lowest BCUT2D eigenvalue weighted by Crippen LogP contribution is -2.29. The van der Waals surface area contributed by atoms with E-state index in [4.69, 9.17) is 4.74 Å². The van der Waals surface area contributed by atoms with Crippen LogP contribution >= 0.6 is 0 Å². The van der Waals surface area contributed by atoms with Crippen molar-refractivity contribution in [2.45, 2.75) is 97.3 Å². The third-order valence-corrected chi connectivity index (χ3v) is 6.86. The number of carbonyl (C=O) groups is 3. The molecule has 0 unspecified atom stereocenters. The second-order valence-electron chi connectivity index (χ2n) is 9.92. The van der Waals surface area contributed by atoms with Crippen LogP contribution < -0.4 is 4.90 Å². The minimum absolute atomic E-state index is 0.247. The molecule has 0 N–H and O–H groups in total. The SMILES string of the molecule is CCCCCCCCCCCCCCCOC(=O)c1ccc2c(c1)C(=O)N(c1cccc(C)c1)C2=O. The van der Waals surface area contributed by atoms with Gasteiger partial charge in [0, 0.05) is 0 Å². The molecule has 0 fully saturated rings. The summed E-state index contributed by atoms with van der Waals surface area (Å²) in [5, 5.41) is 0.